The van der Waals surface area contributed by atoms with Crippen molar-refractivity contribution < 1.29 is 9.53 Å². The highest BCUT2D eigenvalue weighted by molar-refractivity contribution is 7.96. The third-order valence-corrected chi connectivity index (χ3v) is 3.32. The summed E-state index contributed by atoms with van der Waals surface area (Å²) in [5, 5.41) is -0.549. The maximum absolute atomic E-state index is 9.09. The van der Waals surface area contributed by atoms with Crippen molar-refractivity contribution in [1.82, 2.24) is 0 Å². The molecule has 1 aromatic carbocycles. The molecule has 1 aromatic rings. The lowest BCUT2D eigenvalue weighted by molar-refractivity contribution is 0.267. The van der Waals surface area contributed by atoms with Crippen molar-refractivity contribution >= 4 is 35.3 Å². The van der Waals surface area contributed by atoms with Crippen LogP contribution in [0.1, 0.15) is 57.4 Å². The van der Waals surface area contributed by atoms with Crippen LogP contribution in [0.5, 0.6) is 5.75 Å². The third kappa shape index (κ3) is 14.1. The number of ether oxygens (including phenoxy) is 1. The summed E-state index contributed by atoms with van der Waals surface area (Å²) >= 11 is 7.89. The van der Waals surface area contributed by atoms with E-state index < -0.39 is 5.24 Å². The Hall–Kier alpha value is -1.27. The molecule has 4 N–H and O–H groups in total. The number of nitrogens with two attached hydrogens (primary N) is 2. The fourth-order valence-corrected chi connectivity index (χ4v) is 2.28. The SMILES string of the molecule is CCCCCCCCCc1ccccc1OC(N)=S.NC(=O)S. The van der Waals surface area contributed by atoms with E-state index in [4.69, 9.17) is 27.5 Å². The van der Waals surface area contributed by atoms with Gasteiger partial charge in [-0.3, -0.25) is 4.79 Å². The van der Waals surface area contributed by atoms with Crippen molar-refractivity contribution in [2.75, 3.05) is 0 Å². The molecule has 0 saturated carbocycles. The van der Waals surface area contributed by atoms with Crippen LogP contribution in [0.4, 0.5) is 4.79 Å². The smallest absolute Gasteiger partial charge is 0.273 e. The molecule has 0 aliphatic heterocycles. The number of unbranched alkanes of at least 4 members (excludes halogenated alkanes) is 6. The van der Waals surface area contributed by atoms with E-state index in [9.17, 15) is 0 Å². The molecular weight excluding hydrogens is 328 g/mol. The monoisotopic (exact) mass is 356 g/mol. The van der Waals surface area contributed by atoms with Crippen molar-refractivity contribution in [3.05, 3.63) is 29.8 Å². The number of thiol groups is 1. The molecule has 0 radical (unpaired) electrons. The van der Waals surface area contributed by atoms with E-state index in [1.165, 1.54) is 50.5 Å². The van der Waals surface area contributed by atoms with Gasteiger partial charge in [-0.25, -0.2) is 0 Å². The summed E-state index contributed by atoms with van der Waals surface area (Å²) in [4.78, 5) is 9.09. The van der Waals surface area contributed by atoms with Crippen molar-refractivity contribution in [2.24, 2.45) is 11.5 Å². The highest BCUT2D eigenvalue weighted by Crippen LogP contribution is 2.20. The lowest BCUT2D eigenvalue weighted by Gasteiger charge is -2.09. The number of benzene rings is 1. The van der Waals surface area contributed by atoms with Gasteiger partial charge in [-0.15, -0.1) is 0 Å². The summed E-state index contributed by atoms with van der Waals surface area (Å²) in [7, 11) is 0. The Bertz CT molecular complexity index is 464. The zero-order valence-corrected chi connectivity index (χ0v) is 15.5. The number of rotatable bonds is 9. The van der Waals surface area contributed by atoms with Crippen molar-refractivity contribution in [3.63, 3.8) is 0 Å². The fraction of sp³-hybridized carbons (Fsp3) is 0.529. The van der Waals surface area contributed by atoms with Crippen LogP contribution < -0.4 is 16.2 Å². The van der Waals surface area contributed by atoms with Gasteiger partial charge in [0.05, 0.1) is 0 Å². The van der Waals surface area contributed by atoms with Gasteiger partial charge in [-0.1, -0.05) is 76.3 Å². The fourth-order valence-electron chi connectivity index (χ4n) is 2.19. The Balaban J connectivity index is 0.00000108. The standard InChI is InChI=1S/C16H25NOS.CH3NOS/c1-2-3-4-5-6-7-8-11-14-12-9-10-13-15(14)18-16(17)19;2-1(3)4/h9-10,12-13H,2-8,11H2,1H3,(H2,17,19);(H3,2,3,4). The Morgan fingerprint density at radius 1 is 1.09 bits per heavy atom. The van der Waals surface area contributed by atoms with Gasteiger partial charge in [0.1, 0.15) is 5.75 Å². The van der Waals surface area contributed by atoms with Crippen LogP contribution in [-0.4, -0.2) is 10.4 Å². The Morgan fingerprint density at radius 3 is 2.17 bits per heavy atom. The molecule has 1 amide bonds. The van der Waals surface area contributed by atoms with Gasteiger partial charge in [0.2, 0.25) is 0 Å². The van der Waals surface area contributed by atoms with Crippen LogP contribution in [0.15, 0.2) is 24.3 Å². The summed E-state index contributed by atoms with van der Waals surface area (Å²) < 4.78 is 5.36. The molecule has 130 valence electrons. The molecule has 0 aliphatic carbocycles. The number of primary amides is 1. The molecule has 0 bridgehead atoms. The second kappa shape index (κ2) is 14.3. The third-order valence-electron chi connectivity index (χ3n) is 3.23. The largest absolute Gasteiger partial charge is 0.432 e. The predicted molar refractivity (Wildman–Crippen MR) is 104 cm³/mol. The first kappa shape index (κ1) is 21.7. The van der Waals surface area contributed by atoms with Crippen LogP contribution in [0.2, 0.25) is 0 Å². The minimum absolute atomic E-state index is 0.0898. The first-order chi connectivity index (χ1) is 11.0. The molecule has 1 rings (SSSR count). The number of carbonyl (C=O) groups excluding carboxylic acids is 1. The molecule has 0 fully saturated rings. The summed E-state index contributed by atoms with van der Waals surface area (Å²) in [6, 6.07) is 7.99. The zero-order valence-electron chi connectivity index (χ0n) is 13.8. The molecule has 0 spiro atoms. The topological polar surface area (TPSA) is 78.3 Å². The van der Waals surface area contributed by atoms with Gasteiger partial charge in [-0.2, -0.15) is 0 Å². The minimum Gasteiger partial charge on any atom is -0.432 e. The van der Waals surface area contributed by atoms with E-state index in [1.54, 1.807) is 0 Å². The Kier molecular flexibility index (Phi) is 13.5. The minimum atomic E-state index is -0.639. The van der Waals surface area contributed by atoms with Crippen LogP contribution in [-0.2, 0) is 6.42 Å². The molecule has 0 heterocycles. The number of aryl methyl sites for hydroxylation is 1. The van der Waals surface area contributed by atoms with Gasteiger partial charge in [0.25, 0.3) is 10.4 Å². The maximum atomic E-state index is 9.09. The van der Waals surface area contributed by atoms with E-state index in [2.05, 4.69) is 31.4 Å². The second-order valence-electron chi connectivity index (χ2n) is 5.24. The number of para-hydroxylation sites is 1. The number of hydrogen-bond donors (Lipinski definition) is 3. The van der Waals surface area contributed by atoms with Gasteiger partial charge in [0, 0.05) is 0 Å². The molecule has 0 aromatic heterocycles. The summed E-state index contributed by atoms with van der Waals surface area (Å²) in [5.74, 6) is 0.806. The van der Waals surface area contributed by atoms with E-state index >= 15 is 0 Å². The molecule has 0 aliphatic rings. The first-order valence-corrected chi connectivity index (χ1v) is 8.86. The number of thiocarbonyl (C=S) groups is 1. The van der Waals surface area contributed by atoms with Crippen molar-refractivity contribution in [1.29, 1.82) is 0 Å². The average molecular weight is 357 g/mol. The molecular formula is C17H28N2O2S2. The van der Waals surface area contributed by atoms with Crippen molar-refractivity contribution in [3.8, 4) is 5.75 Å². The average Bonchev–Trinajstić information content (AvgIpc) is 2.47. The summed E-state index contributed by atoms with van der Waals surface area (Å²) in [6.45, 7) is 2.25. The first-order valence-electron chi connectivity index (χ1n) is 8.01. The zero-order chi connectivity index (χ0) is 17.5. The quantitative estimate of drug-likeness (QED) is 0.343. The molecule has 0 unspecified atom stereocenters. The normalized spacial score (nSPS) is 9.65. The predicted octanol–water partition coefficient (Wildman–Crippen LogP) is 4.60. The van der Waals surface area contributed by atoms with E-state index in [0.717, 1.165) is 12.2 Å². The van der Waals surface area contributed by atoms with Gasteiger partial charge >= 0.3 is 0 Å². The summed E-state index contributed by atoms with van der Waals surface area (Å²) in [6.07, 6.45) is 10.3. The lowest BCUT2D eigenvalue weighted by atomic mass is 10.0. The van der Waals surface area contributed by atoms with Crippen LogP contribution in [0.25, 0.3) is 0 Å². The summed E-state index contributed by atoms with van der Waals surface area (Å²) in [5.41, 5.74) is 11.0. The number of hydrogen-bond acceptors (Lipinski definition) is 3. The molecule has 6 heteroatoms. The van der Waals surface area contributed by atoms with Crippen molar-refractivity contribution in [2.45, 2.75) is 58.3 Å². The maximum Gasteiger partial charge on any atom is 0.273 e. The number of amides is 1. The van der Waals surface area contributed by atoms with Gasteiger partial charge < -0.3 is 16.2 Å². The second-order valence-corrected chi connectivity index (χ2v) is 6.08. The van der Waals surface area contributed by atoms with E-state index in [1.807, 2.05) is 18.2 Å². The van der Waals surface area contributed by atoms with Crippen LogP contribution >= 0.6 is 24.8 Å². The molecule has 0 atom stereocenters. The molecule has 0 saturated heterocycles. The Morgan fingerprint density at radius 2 is 1.61 bits per heavy atom. The highest BCUT2D eigenvalue weighted by Gasteiger charge is 2.03. The van der Waals surface area contributed by atoms with E-state index in [-0.39, 0.29) is 5.17 Å². The van der Waals surface area contributed by atoms with Gasteiger partial charge in [-0.05, 0) is 36.7 Å². The lowest BCUT2D eigenvalue weighted by Crippen LogP contribution is -2.16. The molecule has 23 heavy (non-hydrogen) atoms. The Labute approximate surface area is 150 Å². The van der Waals surface area contributed by atoms with Crippen LogP contribution in [0.3, 0.4) is 0 Å². The molecule has 4 nitrogen and oxygen atoms in total. The van der Waals surface area contributed by atoms with Gasteiger partial charge in [0.15, 0.2) is 0 Å². The van der Waals surface area contributed by atoms with E-state index in [0.29, 0.717) is 0 Å². The highest BCUT2D eigenvalue weighted by atomic mass is 32.1. The van der Waals surface area contributed by atoms with Crippen LogP contribution in [0, 0.1) is 0 Å². The number of carbonyl (C=O) groups is 1.